The van der Waals surface area contributed by atoms with Crippen molar-refractivity contribution >= 4 is 34.1 Å². The highest BCUT2D eigenvalue weighted by Gasteiger charge is 2.22. The van der Waals surface area contributed by atoms with Gasteiger partial charge >= 0.3 is 0 Å². The Kier molecular flexibility index (Phi) is 5.85. The summed E-state index contributed by atoms with van der Waals surface area (Å²) in [4.78, 5) is 31.0. The van der Waals surface area contributed by atoms with Gasteiger partial charge in [0.1, 0.15) is 5.82 Å². The minimum absolute atomic E-state index is 0.152. The quantitative estimate of drug-likeness (QED) is 0.504. The van der Waals surface area contributed by atoms with Crippen molar-refractivity contribution in [2.75, 3.05) is 41.3 Å². The largest absolute Gasteiger partial charge is 0.353 e. The first-order valence-corrected chi connectivity index (χ1v) is 11.3. The highest BCUT2D eigenvalue weighted by molar-refractivity contribution is 6.14. The van der Waals surface area contributed by atoms with Crippen molar-refractivity contribution in [3.05, 3.63) is 84.3 Å². The summed E-state index contributed by atoms with van der Waals surface area (Å²) in [5.74, 6) is 1.51. The van der Waals surface area contributed by atoms with E-state index in [1.54, 1.807) is 18.6 Å². The van der Waals surface area contributed by atoms with Crippen LogP contribution in [0.3, 0.4) is 0 Å². The lowest BCUT2D eigenvalue weighted by Gasteiger charge is -2.35. The Balaban J connectivity index is 1.37. The molecule has 2 aromatic heterocycles. The van der Waals surface area contributed by atoms with Crippen molar-refractivity contribution in [3.8, 4) is 0 Å². The SMILES string of the molecule is CCc1ccc(NC(=O)c2cnc(N3CCN(c4ncccn4)CC3)c3ccccc23)cc1. The van der Waals surface area contributed by atoms with Gasteiger partial charge in [0.25, 0.3) is 5.91 Å². The second kappa shape index (κ2) is 9.24. The number of nitrogens with zero attached hydrogens (tertiary/aromatic N) is 5. The number of rotatable bonds is 5. The number of hydrogen-bond donors (Lipinski definition) is 1. The summed E-state index contributed by atoms with van der Waals surface area (Å²) < 4.78 is 0. The smallest absolute Gasteiger partial charge is 0.257 e. The van der Waals surface area contributed by atoms with E-state index in [1.807, 2.05) is 54.6 Å². The Labute approximate surface area is 193 Å². The van der Waals surface area contributed by atoms with Gasteiger partial charge in [-0.2, -0.15) is 0 Å². The monoisotopic (exact) mass is 438 g/mol. The number of aryl methyl sites for hydroxylation is 1. The molecular formula is C26H26N6O. The third-order valence-corrected chi connectivity index (χ3v) is 6.05. The van der Waals surface area contributed by atoms with Gasteiger partial charge in [-0.25, -0.2) is 15.0 Å². The molecule has 0 saturated carbocycles. The van der Waals surface area contributed by atoms with E-state index in [0.717, 1.165) is 60.8 Å². The Hall–Kier alpha value is -4.00. The van der Waals surface area contributed by atoms with Crippen LogP contribution in [0.15, 0.2) is 73.2 Å². The lowest BCUT2D eigenvalue weighted by molar-refractivity contribution is 0.102. The molecule has 0 spiro atoms. The van der Waals surface area contributed by atoms with Crippen molar-refractivity contribution in [3.63, 3.8) is 0 Å². The van der Waals surface area contributed by atoms with Crippen molar-refractivity contribution in [1.29, 1.82) is 0 Å². The summed E-state index contributed by atoms with van der Waals surface area (Å²) in [6.45, 7) is 5.36. The number of pyridine rings is 1. The highest BCUT2D eigenvalue weighted by Crippen LogP contribution is 2.29. The standard InChI is InChI=1S/C26H26N6O/c1-2-19-8-10-20(11-9-19)30-25(33)23-18-29-24(22-7-4-3-6-21(22)23)31-14-16-32(17-15-31)26-27-12-5-13-28-26/h3-13,18H,2,14-17H2,1H3,(H,30,33). The first kappa shape index (κ1) is 20.9. The Morgan fingerprint density at radius 3 is 2.21 bits per heavy atom. The number of aromatic nitrogens is 3. The third-order valence-electron chi connectivity index (χ3n) is 6.05. The molecule has 7 heteroatoms. The molecular weight excluding hydrogens is 412 g/mol. The molecule has 0 bridgehead atoms. The number of fused-ring (bicyclic) bond motifs is 1. The van der Waals surface area contributed by atoms with Gasteiger partial charge in [0, 0.05) is 55.8 Å². The summed E-state index contributed by atoms with van der Waals surface area (Å²) in [6, 6.07) is 17.8. The van der Waals surface area contributed by atoms with Gasteiger partial charge in [-0.3, -0.25) is 4.79 Å². The summed E-state index contributed by atoms with van der Waals surface area (Å²) in [6.07, 6.45) is 6.20. The summed E-state index contributed by atoms with van der Waals surface area (Å²) >= 11 is 0. The molecule has 2 aromatic carbocycles. The molecule has 4 aromatic rings. The lowest BCUT2D eigenvalue weighted by Crippen LogP contribution is -2.47. The molecule has 1 amide bonds. The van der Waals surface area contributed by atoms with E-state index < -0.39 is 0 Å². The predicted octanol–water partition coefficient (Wildman–Crippen LogP) is 4.17. The number of piperazine rings is 1. The van der Waals surface area contributed by atoms with E-state index in [4.69, 9.17) is 4.98 Å². The normalized spacial score (nSPS) is 13.8. The van der Waals surface area contributed by atoms with Gasteiger partial charge in [-0.1, -0.05) is 43.3 Å². The third kappa shape index (κ3) is 4.35. The second-order valence-corrected chi connectivity index (χ2v) is 8.07. The Bertz CT molecular complexity index is 1250. The van der Waals surface area contributed by atoms with Gasteiger partial charge in [0.05, 0.1) is 5.56 Å². The van der Waals surface area contributed by atoms with Crippen LogP contribution >= 0.6 is 0 Å². The van der Waals surface area contributed by atoms with E-state index in [1.165, 1.54) is 5.56 Å². The number of carbonyl (C=O) groups is 1. The van der Waals surface area contributed by atoms with E-state index >= 15 is 0 Å². The zero-order valence-corrected chi connectivity index (χ0v) is 18.6. The predicted molar refractivity (Wildman–Crippen MR) is 132 cm³/mol. The number of nitrogens with one attached hydrogen (secondary N) is 1. The molecule has 33 heavy (non-hydrogen) atoms. The molecule has 5 rings (SSSR count). The summed E-state index contributed by atoms with van der Waals surface area (Å²) in [7, 11) is 0. The van der Waals surface area contributed by atoms with Crippen LogP contribution in [0.4, 0.5) is 17.5 Å². The first-order chi connectivity index (χ1) is 16.2. The van der Waals surface area contributed by atoms with Crippen LogP contribution in [0, 0.1) is 0 Å². The average Bonchev–Trinajstić information content (AvgIpc) is 2.89. The van der Waals surface area contributed by atoms with Gasteiger partial charge in [0.15, 0.2) is 0 Å². The summed E-state index contributed by atoms with van der Waals surface area (Å²) in [5, 5.41) is 4.90. The second-order valence-electron chi connectivity index (χ2n) is 8.07. The Morgan fingerprint density at radius 2 is 1.52 bits per heavy atom. The van der Waals surface area contributed by atoms with E-state index in [-0.39, 0.29) is 5.91 Å². The molecule has 1 aliphatic rings. The average molecular weight is 439 g/mol. The van der Waals surface area contributed by atoms with Gasteiger partial charge in [-0.15, -0.1) is 0 Å². The zero-order chi connectivity index (χ0) is 22.6. The van der Waals surface area contributed by atoms with Crippen LogP contribution in [0.5, 0.6) is 0 Å². The fraction of sp³-hybridized carbons (Fsp3) is 0.231. The van der Waals surface area contributed by atoms with Crippen LogP contribution in [0.2, 0.25) is 0 Å². The fourth-order valence-corrected chi connectivity index (χ4v) is 4.21. The molecule has 1 N–H and O–H groups in total. The fourth-order valence-electron chi connectivity index (χ4n) is 4.21. The van der Waals surface area contributed by atoms with Crippen LogP contribution in [0.1, 0.15) is 22.8 Å². The van der Waals surface area contributed by atoms with Crippen LogP contribution in [-0.2, 0) is 6.42 Å². The Morgan fingerprint density at radius 1 is 0.848 bits per heavy atom. The minimum Gasteiger partial charge on any atom is -0.353 e. The van der Waals surface area contributed by atoms with E-state index in [0.29, 0.717) is 5.56 Å². The van der Waals surface area contributed by atoms with E-state index in [2.05, 4.69) is 32.0 Å². The molecule has 1 fully saturated rings. The molecule has 1 aliphatic heterocycles. The maximum Gasteiger partial charge on any atom is 0.257 e. The number of amides is 1. The first-order valence-electron chi connectivity index (χ1n) is 11.3. The van der Waals surface area contributed by atoms with Gasteiger partial charge in [-0.05, 0) is 35.6 Å². The highest BCUT2D eigenvalue weighted by atomic mass is 16.1. The van der Waals surface area contributed by atoms with Crippen LogP contribution in [0.25, 0.3) is 10.8 Å². The number of carbonyl (C=O) groups excluding carboxylic acids is 1. The van der Waals surface area contributed by atoms with Crippen LogP contribution in [-0.4, -0.2) is 47.0 Å². The summed E-state index contributed by atoms with van der Waals surface area (Å²) in [5.41, 5.74) is 2.60. The number of hydrogen-bond acceptors (Lipinski definition) is 6. The van der Waals surface area contributed by atoms with Crippen molar-refractivity contribution in [2.24, 2.45) is 0 Å². The van der Waals surface area contributed by atoms with Gasteiger partial charge < -0.3 is 15.1 Å². The maximum atomic E-state index is 13.1. The van der Waals surface area contributed by atoms with Crippen molar-refractivity contribution in [1.82, 2.24) is 15.0 Å². The minimum atomic E-state index is -0.152. The molecule has 0 atom stereocenters. The topological polar surface area (TPSA) is 74.2 Å². The van der Waals surface area contributed by atoms with E-state index in [9.17, 15) is 4.79 Å². The van der Waals surface area contributed by atoms with Gasteiger partial charge in [0.2, 0.25) is 5.95 Å². The molecule has 0 radical (unpaired) electrons. The molecule has 3 heterocycles. The van der Waals surface area contributed by atoms with Crippen LogP contribution < -0.4 is 15.1 Å². The maximum absolute atomic E-state index is 13.1. The molecule has 1 saturated heterocycles. The molecule has 0 aliphatic carbocycles. The molecule has 0 unspecified atom stereocenters. The zero-order valence-electron chi connectivity index (χ0n) is 18.6. The number of benzene rings is 2. The van der Waals surface area contributed by atoms with Crippen molar-refractivity contribution in [2.45, 2.75) is 13.3 Å². The van der Waals surface area contributed by atoms with Crippen molar-refractivity contribution < 1.29 is 4.79 Å². The molecule has 7 nitrogen and oxygen atoms in total. The molecule has 166 valence electrons. The number of anilines is 3. The lowest BCUT2D eigenvalue weighted by atomic mass is 10.1.